The standard InChI is InChI=1S/C28H31N3O5/c1-20-11-13-21(14-12-20)19-31(25(32)18-30-27(33)24-10-6-16-36-24)26(22-7-3-2-4-8-22)28(34)29-17-23-9-5-15-35-23/h2-4,6-8,10-14,16,23,26H,5,9,15,17-19H2,1H3,(H,29,34)(H,30,33)/t23-,26+/m0/s1. The van der Waals surface area contributed by atoms with Crippen LogP contribution in [0.15, 0.2) is 77.4 Å². The maximum absolute atomic E-state index is 13.6. The van der Waals surface area contributed by atoms with Gasteiger partial charge in [-0.15, -0.1) is 0 Å². The highest BCUT2D eigenvalue weighted by molar-refractivity contribution is 5.95. The average molecular weight is 490 g/mol. The molecular weight excluding hydrogens is 458 g/mol. The van der Waals surface area contributed by atoms with Crippen molar-refractivity contribution in [2.45, 2.75) is 38.5 Å². The number of carbonyl (C=O) groups is 3. The van der Waals surface area contributed by atoms with E-state index >= 15 is 0 Å². The zero-order valence-corrected chi connectivity index (χ0v) is 20.3. The second kappa shape index (κ2) is 12.2. The van der Waals surface area contributed by atoms with Crippen LogP contribution in [0.1, 0.15) is 46.1 Å². The van der Waals surface area contributed by atoms with E-state index in [1.807, 2.05) is 61.5 Å². The molecule has 2 aromatic carbocycles. The minimum atomic E-state index is -0.887. The lowest BCUT2D eigenvalue weighted by Crippen LogP contribution is -2.48. The van der Waals surface area contributed by atoms with Gasteiger partial charge in [-0.05, 0) is 43.0 Å². The average Bonchev–Trinajstić information content (AvgIpc) is 3.62. The Hall–Kier alpha value is -3.91. The minimum absolute atomic E-state index is 0.0285. The van der Waals surface area contributed by atoms with Crippen LogP contribution in [0.4, 0.5) is 0 Å². The number of benzene rings is 2. The fourth-order valence-corrected chi connectivity index (χ4v) is 4.19. The van der Waals surface area contributed by atoms with Crippen LogP contribution in [-0.2, 0) is 20.9 Å². The first kappa shape index (κ1) is 25.2. The molecule has 2 atom stereocenters. The van der Waals surface area contributed by atoms with Crippen LogP contribution in [0.3, 0.4) is 0 Å². The number of aryl methyl sites for hydroxylation is 1. The van der Waals surface area contributed by atoms with Crippen molar-refractivity contribution in [3.63, 3.8) is 0 Å². The number of hydrogen-bond acceptors (Lipinski definition) is 5. The predicted octanol–water partition coefficient (Wildman–Crippen LogP) is 3.38. The molecule has 1 aromatic heterocycles. The van der Waals surface area contributed by atoms with Gasteiger partial charge in [0, 0.05) is 19.7 Å². The van der Waals surface area contributed by atoms with E-state index in [1.54, 1.807) is 6.07 Å². The SMILES string of the molecule is Cc1ccc(CN(C(=O)CNC(=O)c2ccco2)[C@@H](C(=O)NC[C@@H]2CCCO2)c2ccccc2)cc1. The molecule has 1 saturated heterocycles. The Morgan fingerprint density at radius 2 is 1.78 bits per heavy atom. The maximum atomic E-state index is 13.6. The summed E-state index contributed by atoms with van der Waals surface area (Å²) < 4.78 is 10.8. The number of carbonyl (C=O) groups excluding carboxylic acids is 3. The summed E-state index contributed by atoms with van der Waals surface area (Å²) >= 11 is 0. The molecule has 0 radical (unpaired) electrons. The molecule has 8 heteroatoms. The summed E-state index contributed by atoms with van der Waals surface area (Å²) in [6, 6.07) is 19.2. The van der Waals surface area contributed by atoms with E-state index in [0.717, 1.165) is 24.0 Å². The number of furan rings is 1. The molecule has 1 aliphatic rings. The smallest absolute Gasteiger partial charge is 0.287 e. The molecule has 0 bridgehead atoms. The van der Waals surface area contributed by atoms with Crippen molar-refractivity contribution in [1.29, 1.82) is 0 Å². The lowest BCUT2D eigenvalue weighted by atomic mass is 10.0. The summed E-state index contributed by atoms with van der Waals surface area (Å²) in [5, 5.41) is 5.59. The number of ether oxygens (including phenoxy) is 1. The van der Waals surface area contributed by atoms with E-state index < -0.39 is 17.9 Å². The molecule has 0 saturated carbocycles. The van der Waals surface area contributed by atoms with Crippen molar-refractivity contribution < 1.29 is 23.5 Å². The van der Waals surface area contributed by atoms with Crippen molar-refractivity contribution in [1.82, 2.24) is 15.5 Å². The molecule has 4 rings (SSSR count). The lowest BCUT2D eigenvalue weighted by molar-refractivity contribution is -0.141. The third kappa shape index (κ3) is 6.60. The van der Waals surface area contributed by atoms with E-state index in [0.29, 0.717) is 18.7 Å². The summed E-state index contributed by atoms with van der Waals surface area (Å²) in [6.45, 7) is 2.97. The van der Waals surface area contributed by atoms with Crippen LogP contribution in [0.2, 0.25) is 0 Å². The maximum Gasteiger partial charge on any atom is 0.287 e. The quantitative estimate of drug-likeness (QED) is 0.455. The van der Waals surface area contributed by atoms with Crippen molar-refractivity contribution in [2.24, 2.45) is 0 Å². The Kier molecular flexibility index (Phi) is 8.52. The first-order chi connectivity index (χ1) is 17.5. The highest BCUT2D eigenvalue weighted by atomic mass is 16.5. The topological polar surface area (TPSA) is 101 Å². The summed E-state index contributed by atoms with van der Waals surface area (Å²) in [5.74, 6) is -1.07. The molecule has 3 aromatic rings. The van der Waals surface area contributed by atoms with Crippen molar-refractivity contribution >= 4 is 17.7 Å². The second-order valence-electron chi connectivity index (χ2n) is 8.86. The lowest BCUT2D eigenvalue weighted by Gasteiger charge is -2.32. The fraction of sp³-hybridized carbons (Fsp3) is 0.321. The number of rotatable bonds is 10. The Bertz CT molecular complexity index is 1140. The van der Waals surface area contributed by atoms with E-state index in [-0.39, 0.29) is 30.9 Å². The van der Waals surface area contributed by atoms with Gasteiger partial charge in [0.05, 0.1) is 18.9 Å². The largest absolute Gasteiger partial charge is 0.459 e. The van der Waals surface area contributed by atoms with Crippen LogP contribution < -0.4 is 10.6 Å². The van der Waals surface area contributed by atoms with E-state index in [4.69, 9.17) is 9.15 Å². The molecular formula is C28H31N3O5. The highest BCUT2D eigenvalue weighted by Gasteiger charge is 2.32. The molecule has 1 aliphatic heterocycles. The van der Waals surface area contributed by atoms with Gasteiger partial charge >= 0.3 is 0 Å². The van der Waals surface area contributed by atoms with Gasteiger partial charge in [0.25, 0.3) is 5.91 Å². The highest BCUT2D eigenvalue weighted by Crippen LogP contribution is 2.24. The van der Waals surface area contributed by atoms with Gasteiger partial charge in [-0.25, -0.2) is 0 Å². The first-order valence-corrected chi connectivity index (χ1v) is 12.1. The second-order valence-corrected chi connectivity index (χ2v) is 8.86. The van der Waals surface area contributed by atoms with Gasteiger partial charge in [-0.2, -0.15) is 0 Å². The van der Waals surface area contributed by atoms with Gasteiger partial charge in [0.1, 0.15) is 6.04 Å². The predicted molar refractivity (Wildman–Crippen MR) is 134 cm³/mol. The minimum Gasteiger partial charge on any atom is -0.459 e. The Morgan fingerprint density at radius 3 is 2.44 bits per heavy atom. The van der Waals surface area contributed by atoms with Crippen molar-refractivity contribution in [3.8, 4) is 0 Å². The Morgan fingerprint density at radius 1 is 1.00 bits per heavy atom. The molecule has 36 heavy (non-hydrogen) atoms. The van der Waals surface area contributed by atoms with Gasteiger partial charge in [-0.1, -0.05) is 60.2 Å². The van der Waals surface area contributed by atoms with Gasteiger partial charge in [0.15, 0.2) is 5.76 Å². The molecule has 0 spiro atoms. The molecule has 0 aliphatic carbocycles. The number of hydrogen-bond donors (Lipinski definition) is 2. The molecule has 8 nitrogen and oxygen atoms in total. The van der Waals surface area contributed by atoms with Crippen molar-refractivity contribution in [2.75, 3.05) is 19.7 Å². The number of nitrogens with zero attached hydrogens (tertiary/aromatic N) is 1. The summed E-state index contributed by atoms with van der Waals surface area (Å²) in [5.41, 5.74) is 2.65. The molecule has 1 fully saturated rings. The van der Waals surface area contributed by atoms with Gasteiger partial charge in [0.2, 0.25) is 11.8 Å². The summed E-state index contributed by atoms with van der Waals surface area (Å²) in [6.07, 6.45) is 3.22. The normalized spacial score (nSPS) is 15.8. The van der Waals surface area contributed by atoms with Crippen LogP contribution in [0.5, 0.6) is 0 Å². The first-order valence-electron chi connectivity index (χ1n) is 12.1. The van der Waals surface area contributed by atoms with E-state index in [1.165, 1.54) is 17.2 Å². The monoisotopic (exact) mass is 489 g/mol. The third-order valence-electron chi connectivity index (χ3n) is 6.14. The molecule has 3 amide bonds. The summed E-state index contributed by atoms with van der Waals surface area (Å²) in [7, 11) is 0. The molecule has 2 N–H and O–H groups in total. The molecule has 188 valence electrons. The number of nitrogens with one attached hydrogen (secondary N) is 2. The Labute approximate surface area is 210 Å². The fourth-order valence-electron chi connectivity index (χ4n) is 4.19. The van der Waals surface area contributed by atoms with Gasteiger partial charge in [-0.3, -0.25) is 14.4 Å². The van der Waals surface area contributed by atoms with E-state index in [9.17, 15) is 14.4 Å². The zero-order valence-electron chi connectivity index (χ0n) is 20.3. The third-order valence-corrected chi connectivity index (χ3v) is 6.14. The zero-order chi connectivity index (χ0) is 25.3. The number of amides is 3. The van der Waals surface area contributed by atoms with Crippen LogP contribution in [0.25, 0.3) is 0 Å². The molecule has 2 heterocycles. The van der Waals surface area contributed by atoms with Gasteiger partial charge < -0.3 is 24.7 Å². The van der Waals surface area contributed by atoms with Crippen molar-refractivity contribution in [3.05, 3.63) is 95.4 Å². The van der Waals surface area contributed by atoms with Crippen LogP contribution in [0, 0.1) is 6.92 Å². The molecule has 0 unspecified atom stereocenters. The Balaban J connectivity index is 1.58. The van der Waals surface area contributed by atoms with Crippen LogP contribution in [-0.4, -0.2) is 48.4 Å². The van der Waals surface area contributed by atoms with E-state index in [2.05, 4.69) is 10.6 Å². The van der Waals surface area contributed by atoms with Crippen LogP contribution >= 0.6 is 0 Å². The summed E-state index contributed by atoms with van der Waals surface area (Å²) in [4.78, 5) is 41.0.